The van der Waals surface area contributed by atoms with E-state index in [1.165, 1.54) is 0 Å². The fourth-order valence-electron chi connectivity index (χ4n) is 1.47. The number of rotatable bonds is 7. The Morgan fingerprint density at radius 1 is 1.05 bits per heavy atom. The number of ether oxygens (including phenoxy) is 2. The molecule has 6 nitrogen and oxygen atoms in total. The van der Waals surface area contributed by atoms with Crippen molar-refractivity contribution in [3.8, 4) is 0 Å². The second-order valence-electron chi connectivity index (χ2n) is 4.61. The summed E-state index contributed by atoms with van der Waals surface area (Å²) in [5, 5.41) is 0. The van der Waals surface area contributed by atoms with Crippen LogP contribution in [-0.4, -0.2) is 60.9 Å². The lowest BCUT2D eigenvalue weighted by atomic mass is 10.4. The predicted molar refractivity (Wildman–Crippen MR) is 72.7 cm³/mol. The summed E-state index contributed by atoms with van der Waals surface area (Å²) >= 11 is 0. The Hall–Kier alpha value is -1.30. The summed E-state index contributed by atoms with van der Waals surface area (Å²) in [6, 6.07) is 0. The lowest BCUT2D eigenvalue weighted by molar-refractivity contribution is -0.134. The van der Waals surface area contributed by atoms with Crippen LogP contribution in [0.4, 0.5) is 4.79 Å². The lowest BCUT2D eigenvalue weighted by Gasteiger charge is -2.27. The van der Waals surface area contributed by atoms with Crippen molar-refractivity contribution in [2.24, 2.45) is 0 Å². The number of likely N-dealkylation sites (N-methyl/N-ethyl adjacent to an activating group) is 2. The van der Waals surface area contributed by atoms with E-state index in [0.717, 1.165) is 0 Å². The average Bonchev–Trinajstić information content (AvgIpc) is 2.28. The van der Waals surface area contributed by atoms with Crippen molar-refractivity contribution in [3.05, 3.63) is 0 Å². The molecule has 1 atom stereocenters. The molecule has 0 heterocycles. The zero-order chi connectivity index (χ0) is 15.0. The van der Waals surface area contributed by atoms with Crippen molar-refractivity contribution in [1.29, 1.82) is 0 Å². The number of carbonyl (C=O) groups is 2. The number of hydrogen-bond donors (Lipinski definition) is 0. The predicted octanol–water partition coefficient (Wildman–Crippen LogP) is 1.69. The summed E-state index contributed by atoms with van der Waals surface area (Å²) in [5.74, 6) is 0.0141. The quantitative estimate of drug-likeness (QED) is 0.522. The van der Waals surface area contributed by atoms with Gasteiger partial charge in [0.2, 0.25) is 5.91 Å². The van der Waals surface area contributed by atoms with Crippen molar-refractivity contribution in [3.63, 3.8) is 0 Å². The minimum atomic E-state index is -0.718. The van der Waals surface area contributed by atoms with Gasteiger partial charge in [-0.05, 0) is 41.7 Å². The van der Waals surface area contributed by atoms with Gasteiger partial charge in [-0.15, -0.1) is 0 Å². The van der Waals surface area contributed by atoms with Crippen LogP contribution < -0.4 is 0 Å². The molecule has 0 spiro atoms. The molecule has 0 aromatic rings. The second kappa shape index (κ2) is 8.74. The van der Waals surface area contributed by atoms with E-state index < -0.39 is 12.4 Å². The van der Waals surface area contributed by atoms with E-state index in [0.29, 0.717) is 13.1 Å². The molecule has 0 rings (SSSR count). The highest BCUT2D eigenvalue weighted by Gasteiger charge is 2.20. The van der Waals surface area contributed by atoms with E-state index in [9.17, 15) is 9.59 Å². The molecule has 0 aromatic carbocycles. The van der Waals surface area contributed by atoms with Gasteiger partial charge in [-0.1, -0.05) is 0 Å². The van der Waals surface area contributed by atoms with Gasteiger partial charge in [0.1, 0.15) is 0 Å². The van der Waals surface area contributed by atoms with Gasteiger partial charge in [0.05, 0.1) is 12.6 Å². The summed E-state index contributed by atoms with van der Waals surface area (Å²) in [6.07, 6.45) is -1.45. The van der Waals surface area contributed by atoms with E-state index in [4.69, 9.17) is 9.47 Å². The molecule has 112 valence electrons. The molecule has 0 aliphatic rings. The Balaban J connectivity index is 4.22. The zero-order valence-electron chi connectivity index (χ0n) is 12.8. The smallest absolute Gasteiger partial charge is 0.432 e. The molecular formula is C13H26N2O4. The molecule has 0 bridgehead atoms. The molecule has 1 unspecified atom stereocenters. The Labute approximate surface area is 115 Å². The summed E-state index contributed by atoms with van der Waals surface area (Å²) in [6.45, 7) is 10.6. The van der Waals surface area contributed by atoms with Crippen LogP contribution in [0.15, 0.2) is 0 Å². The Morgan fingerprint density at radius 2 is 1.58 bits per heavy atom. The Morgan fingerprint density at radius 3 is 2.00 bits per heavy atom. The number of amides is 1. The van der Waals surface area contributed by atoms with Crippen molar-refractivity contribution in [2.75, 3.05) is 26.7 Å². The third kappa shape index (κ3) is 7.00. The maximum Gasteiger partial charge on any atom is 0.510 e. The van der Waals surface area contributed by atoms with Gasteiger partial charge in [0.15, 0.2) is 6.23 Å². The molecule has 1 amide bonds. The molecule has 6 heteroatoms. The van der Waals surface area contributed by atoms with Gasteiger partial charge in [0.25, 0.3) is 0 Å². The van der Waals surface area contributed by atoms with Crippen LogP contribution in [0.5, 0.6) is 0 Å². The highest BCUT2D eigenvalue weighted by Crippen LogP contribution is 2.03. The maximum atomic E-state index is 11.9. The molecule has 0 saturated heterocycles. The van der Waals surface area contributed by atoms with Crippen LogP contribution in [0.3, 0.4) is 0 Å². The van der Waals surface area contributed by atoms with Gasteiger partial charge in [-0.25, -0.2) is 4.79 Å². The van der Waals surface area contributed by atoms with Crippen LogP contribution in [0, 0.1) is 0 Å². The van der Waals surface area contributed by atoms with Crippen molar-refractivity contribution in [2.45, 2.75) is 47.0 Å². The summed E-state index contributed by atoms with van der Waals surface area (Å²) in [4.78, 5) is 26.6. The fourth-order valence-corrected chi connectivity index (χ4v) is 1.47. The van der Waals surface area contributed by atoms with E-state index in [2.05, 4.69) is 0 Å². The summed E-state index contributed by atoms with van der Waals surface area (Å²) in [7, 11) is 1.73. The largest absolute Gasteiger partial charge is 0.510 e. The Kier molecular flexibility index (Phi) is 8.14. The molecule has 19 heavy (non-hydrogen) atoms. The molecular weight excluding hydrogens is 248 g/mol. The van der Waals surface area contributed by atoms with Gasteiger partial charge in [0, 0.05) is 13.1 Å². The lowest BCUT2D eigenvalue weighted by Crippen LogP contribution is -2.43. The first-order valence-corrected chi connectivity index (χ1v) is 6.67. The normalized spacial score (nSPS) is 12.4. The standard InChI is InChI=1S/C13H26N2O4/c1-7-15(8-2)12(16)9-14(6)11(5)19-13(17)18-10(3)4/h10-11H,7-9H2,1-6H3. The third-order valence-electron chi connectivity index (χ3n) is 2.72. The van der Waals surface area contributed by atoms with E-state index in [1.54, 1.807) is 37.6 Å². The Bertz CT molecular complexity index is 290. The average molecular weight is 274 g/mol. The minimum Gasteiger partial charge on any atom is -0.432 e. The van der Waals surface area contributed by atoms with Gasteiger partial charge in [-0.2, -0.15) is 0 Å². The SMILES string of the molecule is CCN(CC)C(=O)CN(C)C(C)OC(=O)OC(C)C. The topological polar surface area (TPSA) is 59.1 Å². The van der Waals surface area contributed by atoms with Gasteiger partial charge in [-0.3, -0.25) is 9.69 Å². The van der Waals surface area contributed by atoms with Crippen LogP contribution >= 0.6 is 0 Å². The van der Waals surface area contributed by atoms with Gasteiger partial charge < -0.3 is 14.4 Å². The molecule has 0 saturated carbocycles. The zero-order valence-corrected chi connectivity index (χ0v) is 12.8. The second-order valence-corrected chi connectivity index (χ2v) is 4.61. The van der Waals surface area contributed by atoms with Crippen LogP contribution in [0.1, 0.15) is 34.6 Å². The first kappa shape index (κ1) is 17.7. The van der Waals surface area contributed by atoms with E-state index in [1.807, 2.05) is 13.8 Å². The van der Waals surface area contributed by atoms with Gasteiger partial charge >= 0.3 is 6.16 Å². The highest BCUT2D eigenvalue weighted by molar-refractivity contribution is 5.78. The summed E-state index contributed by atoms with van der Waals surface area (Å²) in [5.41, 5.74) is 0. The molecule has 0 radical (unpaired) electrons. The fraction of sp³-hybridized carbons (Fsp3) is 0.846. The maximum absolute atomic E-state index is 11.9. The van der Waals surface area contributed by atoms with Crippen molar-refractivity contribution < 1.29 is 19.1 Å². The molecule has 0 aromatic heterocycles. The summed E-state index contributed by atoms with van der Waals surface area (Å²) < 4.78 is 9.95. The first-order valence-electron chi connectivity index (χ1n) is 6.67. The highest BCUT2D eigenvalue weighted by atomic mass is 16.7. The molecule has 0 fully saturated rings. The molecule has 0 aliphatic carbocycles. The number of carbonyl (C=O) groups excluding carboxylic acids is 2. The van der Waals surface area contributed by atoms with E-state index in [-0.39, 0.29) is 18.6 Å². The van der Waals surface area contributed by atoms with E-state index >= 15 is 0 Å². The third-order valence-corrected chi connectivity index (χ3v) is 2.72. The molecule has 0 aliphatic heterocycles. The van der Waals surface area contributed by atoms with Crippen LogP contribution in [-0.2, 0) is 14.3 Å². The first-order chi connectivity index (χ1) is 8.81. The van der Waals surface area contributed by atoms with Crippen LogP contribution in [0.2, 0.25) is 0 Å². The molecule has 0 N–H and O–H groups in total. The number of hydrogen-bond acceptors (Lipinski definition) is 5. The van der Waals surface area contributed by atoms with Crippen molar-refractivity contribution >= 4 is 12.1 Å². The van der Waals surface area contributed by atoms with Crippen molar-refractivity contribution in [1.82, 2.24) is 9.80 Å². The number of nitrogens with zero attached hydrogens (tertiary/aromatic N) is 2. The van der Waals surface area contributed by atoms with Crippen LogP contribution in [0.25, 0.3) is 0 Å². The minimum absolute atomic E-state index is 0.0141. The monoisotopic (exact) mass is 274 g/mol.